The molecule has 3 nitrogen and oxygen atoms in total. The van der Waals surface area contributed by atoms with Crippen LogP contribution in [0.1, 0.15) is 122 Å². The Morgan fingerprint density at radius 3 is 1.48 bits per heavy atom. The van der Waals surface area contributed by atoms with E-state index in [-0.39, 0.29) is 12.4 Å². The van der Waals surface area contributed by atoms with Gasteiger partial charge in [0, 0.05) is 0 Å². The lowest BCUT2D eigenvalue weighted by Gasteiger charge is -2.06. The second-order valence-electron chi connectivity index (χ2n) is 7.78. The van der Waals surface area contributed by atoms with Gasteiger partial charge >= 0.3 is 0 Å². The first-order valence-electron chi connectivity index (χ1n) is 11.6. The molecular formula is C22H45FO3S. The van der Waals surface area contributed by atoms with Crippen molar-refractivity contribution in [1.29, 1.82) is 0 Å². The Balaban J connectivity index is 3.28. The molecule has 0 aliphatic heterocycles. The second kappa shape index (κ2) is 20.6. The minimum atomic E-state index is -3.36. The van der Waals surface area contributed by atoms with Gasteiger partial charge in [-0.1, -0.05) is 103 Å². The maximum Gasteiger partial charge on any atom is 0.267 e. The highest BCUT2D eigenvalue weighted by atomic mass is 32.2. The lowest BCUT2D eigenvalue weighted by molar-refractivity contribution is 0.305. The van der Waals surface area contributed by atoms with Crippen molar-refractivity contribution in [3.8, 4) is 0 Å². The van der Waals surface area contributed by atoms with E-state index < -0.39 is 10.1 Å². The summed E-state index contributed by atoms with van der Waals surface area (Å²) in [6.07, 6.45) is 20.4. The van der Waals surface area contributed by atoms with Crippen LogP contribution in [0.3, 0.4) is 0 Å². The van der Waals surface area contributed by atoms with E-state index >= 15 is 0 Å². The van der Waals surface area contributed by atoms with Gasteiger partial charge < -0.3 is 0 Å². The van der Waals surface area contributed by atoms with Crippen molar-refractivity contribution in [2.45, 2.75) is 122 Å². The molecule has 0 aromatic rings. The second-order valence-corrected chi connectivity index (χ2v) is 9.54. The topological polar surface area (TPSA) is 43.4 Å². The van der Waals surface area contributed by atoms with E-state index in [0.717, 1.165) is 32.1 Å². The number of hydrogen-bond donors (Lipinski definition) is 0. The minimum Gasteiger partial charge on any atom is -0.270 e. The highest BCUT2D eigenvalue weighted by Crippen LogP contribution is 2.13. The van der Waals surface area contributed by atoms with Crippen molar-refractivity contribution < 1.29 is 17.0 Å². The van der Waals surface area contributed by atoms with E-state index in [1.165, 1.54) is 70.6 Å². The molecule has 0 radical (unpaired) electrons. The lowest BCUT2D eigenvalue weighted by atomic mass is 10.0. The molecule has 0 rings (SSSR count). The van der Waals surface area contributed by atoms with Gasteiger partial charge in [-0.25, -0.2) is 0 Å². The average molecular weight is 409 g/mol. The fourth-order valence-electron chi connectivity index (χ4n) is 3.27. The van der Waals surface area contributed by atoms with Crippen LogP contribution in [0, 0.1) is 0 Å². The molecular weight excluding hydrogens is 363 g/mol. The number of unbranched alkanes of at least 4 members (excludes halogenated alkanes) is 16. The third-order valence-electron chi connectivity index (χ3n) is 5.04. The quantitative estimate of drug-likeness (QED) is 0.139. The molecule has 0 N–H and O–H groups in total. The molecule has 0 fully saturated rings. The normalized spacial score (nSPS) is 11.9. The van der Waals surface area contributed by atoms with Gasteiger partial charge in [0.2, 0.25) is 0 Å². The van der Waals surface area contributed by atoms with Crippen molar-refractivity contribution in [3.05, 3.63) is 0 Å². The van der Waals surface area contributed by atoms with Crippen molar-refractivity contribution in [2.75, 3.05) is 19.0 Å². The Kier molecular flexibility index (Phi) is 20.4. The van der Waals surface area contributed by atoms with Crippen LogP contribution in [0.5, 0.6) is 0 Å². The van der Waals surface area contributed by atoms with Crippen LogP contribution in [0.25, 0.3) is 0 Å². The average Bonchev–Trinajstić information content (AvgIpc) is 2.65. The largest absolute Gasteiger partial charge is 0.270 e. The molecule has 0 unspecified atom stereocenters. The molecule has 5 heteroatoms. The van der Waals surface area contributed by atoms with Crippen LogP contribution in [0.15, 0.2) is 0 Å². The van der Waals surface area contributed by atoms with E-state index in [1.807, 2.05) is 0 Å². The van der Waals surface area contributed by atoms with Gasteiger partial charge in [-0.15, -0.1) is 0 Å². The Labute approximate surface area is 169 Å². The van der Waals surface area contributed by atoms with Crippen LogP contribution in [0.4, 0.5) is 4.39 Å². The van der Waals surface area contributed by atoms with Gasteiger partial charge in [-0.3, -0.25) is 8.57 Å². The predicted molar refractivity (Wildman–Crippen MR) is 114 cm³/mol. The van der Waals surface area contributed by atoms with Crippen molar-refractivity contribution in [3.63, 3.8) is 0 Å². The maximum absolute atomic E-state index is 11.9. The van der Waals surface area contributed by atoms with Gasteiger partial charge in [0.15, 0.2) is 0 Å². The van der Waals surface area contributed by atoms with E-state index in [4.69, 9.17) is 4.18 Å². The highest BCUT2D eigenvalue weighted by molar-refractivity contribution is 7.86. The third-order valence-corrected chi connectivity index (χ3v) is 6.35. The number of hydrogen-bond acceptors (Lipinski definition) is 3. The number of alkyl halides is 1. The molecule has 0 aromatic heterocycles. The third kappa shape index (κ3) is 22.0. The molecule has 0 amide bonds. The predicted octanol–water partition coefficient (Wildman–Crippen LogP) is 7.34. The highest BCUT2D eigenvalue weighted by Gasteiger charge is 2.10. The molecule has 0 aliphatic carbocycles. The van der Waals surface area contributed by atoms with Crippen LogP contribution < -0.4 is 0 Å². The molecule has 27 heavy (non-hydrogen) atoms. The molecule has 164 valence electrons. The molecule has 0 aliphatic rings. The summed E-state index contributed by atoms with van der Waals surface area (Å²) in [7, 11) is -3.36. The Bertz CT molecular complexity index is 385. The van der Waals surface area contributed by atoms with Crippen molar-refractivity contribution >= 4 is 10.1 Å². The molecule has 0 spiro atoms. The van der Waals surface area contributed by atoms with Gasteiger partial charge in [0.05, 0.1) is 19.0 Å². The monoisotopic (exact) mass is 408 g/mol. The molecule has 0 atom stereocenters. The zero-order chi connectivity index (χ0) is 20.1. The van der Waals surface area contributed by atoms with Gasteiger partial charge in [0.25, 0.3) is 10.1 Å². The van der Waals surface area contributed by atoms with Crippen molar-refractivity contribution in [2.24, 2.45) is 0 Å². The maximum atomic E-state index is 11.9. The molecule has 0 bridgehead atoms. The fraction of sp³-hybridized carbons (Fsp3) is 1.00. The lowest BCUT2D eigenvalue weighted by Crippen LogP contribution is -2.11. The summed E-state index contributed by atoms with van der Waals surface area (Å²) in [5.41, 5.74) is 0. The number of rotatable bonds is 22. The van der Waals surface area contributed by atoms with Gasteiger partial charge in [0.1, 0.15) is 0 Å². The fourth-order valence-corrected chi connectivity index (χ4v) is 4.32. The SMILES string of the molecule is CCCCCCCCCCCCCCCOS(=O)(=O)CCCCCCCF. The zero-order valence-electron chi connectivity index (χ0n) is 17.9. The Morgan fingerprint density at radius 1 is 0.593 bits per heavy atom. The molecule has 0 saturated heterocycles. The number of halogens is 1. The molecule has 0 aromatic carbocycles. The first kappa shape index (κ1) is 26.8. The summed E-state index contributed by atoms with van der Waals surface area (Å²) in [5, 5.41) is 0. The van der Waals surface area contributed by atoms with Gasteiger partial charge in [-0.05, 0) is 19.3 Å². The first-order valence-corrected chi connectivity index (χ1v) is 13.1. The first-order chi connectivity index (χ1) is 13.1. The standard InChI is InChI=1S/C22H45FO3S/c1-2-3-4-5-6-7-8-9-10-11-12-15-18-21-26-27(24,25)22-19-16-13-14-17-20-23/h2-22H2,1H3. The van der Waals surface area contributed by atoms with E-state index in [2.05, 4.69) is 6.92 Å². The summed E-state index contributed by atoms with van der Waals surface area (Å²) in [5.74, 6) is 0.0983. The molecule has 0 heterocycles. The van der Waals surface area contributed by atoms with Crippen LogP contribution in [0.2, 0.25) is 0 Å². The van der Waals surface area contributed by atoms with E-state index in [1.54, 1.807) is 0 Å². The van der Waals surface area contributed by atoms with Crippen LogP contribution in [-0.4, -0.2) is 27.5 Å². The van der Waals surface area contributed by atoms with E-state index in [9.17, 15) is 12.8 Å². The minimum absolute atomic E-state index is 0.0983. The summed E-state index contributed by atoms with van der Waals surface area (Å²) in [6.45, 7) is 2.30. The summed E-state index contributed by atoms with van der Waals surface area (Å²) in [4.78, 5) is 0. The van der Waals surface area contributed by atoms with Crippen molar-refractivity contribution in [1.82, 2.24) is 0 Å². The Morgan fingerprint density at radius 2 is 1.00 bits per heavy atom. The summed E-state index contributed by atoms with van der Waals surface area (Å²) < 4.78 is 40.5. The molecule has 0 saturated carbocycles. The zero-order valence-corrected chi connectivity index (χ0v) is 18.7. The summed E-state index contributed by atoms with van der Waals surface area (Å²) in [6, 6.07) is 0. The van der Waals surface area contributed by atoms with Crippen LogP contribution >= 0.6 is 0 Å². The van der Waals surface area contributed by atoms with Crippen LogP contribution in [-0.2, 0) is 14.3 Å². The smallest absolute Gasteiger partial charge is 0.267 e. The van der Waals surface area contributed by atoms with E-state index in [0.29, 0.717) is 19.4 Å². The van der Waals surface area contributed by atoms with Gasteiger partial charge in [-0.2, -0.15) is 8.42 Å². The summed E-state index contributed by atoms with van der Waals surface area (Å²) >= 11 is 0. The Hall–Kier alpha value is -0.160.